The summed E-state index contributed by atoms with van der Waals surface area (Å²) in [6.45, 7) is 4.88. The van der Waals surface area contributed by atoms with E-state index in [2.05, 4.69) is 52.9 Å². The van der Waals surface area contributed by atoms with Gasteiger partial charge in [-0.25, -0.2) is 0 Å². The van der Waals surface area contributed by atoms with Gasteiger partial charge in [-0.15, -0.1) is 5.10 Å². The van der Waals surface area contributed by atoms with E-state index < -0.39 is 0 Å². The first-order valence-corrected chi connectivity index (χ1v) is 5.78. The summed E-state index contributed by atoms with van der Waals surface area (Å²) < 4.78 is 1.82. The SMILES string of the molecule is CCc1cccc(C)c1-n1nnnc1CNC. The van der Waals surface area contributed by atoms with Crippen LogP contribution in [-0.4, -0.2) is 27.3 Å². The molecule has 0 amide bonds. The average molecular weight is 231 g/mol. The van der Waals surface area contributed by atoms with Crippen molar-refractivity contribution in [3.05, 3.63) is 35.2 Å². The van der Waals surface area contributed by atoms with Gasteiger partial charge in [0.05, 0.1) is 12.2 Å². The topological polar surface area (TPSA) is 55.6 Å². The highest BCUT2D eigenvalue weighted by Crippen LogP contribution is 2.19. The maximum absolute atomic E-state index is 4.09. The molecule has 0 aliphatic heterocycles. The Morgan fingerprint density at radius 3 is 2.88 bits per heavy atom. The van der Waals surface area contributed by atoms with E-state index in [0.717, 1.165) is 17.9 Å². The van der Waals surface area contributed by atoms with Gasteiger partial charge in [-0.05, 0) is 41.9 Å². The summed E-state index contributed by atoms with van der Waals surface area (Å²) in [5.41, 5.74) is 3.55. The van der Waals surface area contributed by atoms with Gasteiger partial charge in [0.15, 0.2) is 5.82 Å². The van der Waals surface area contributed by atoms with Crippen molar-refractivity contribution in [2.24, 2.45) is 0 Å². The molecule has 0 saturated carbocycles. The normalized spacial score (nSPS) is 10.8. The van der Waals surface area contributed by atoms with Crippen LogP contribution in [0.5, 0.6) is 0 Å². The molecule has 0 saturated heterocycles. The van der Waals surface area contributed by atoms with E-state index in [1.165, 1.54) is 11.1 Å². The number of rotatable bonds is 4. The highest BCUT2D eigenvalue weighted by Gasteiger charge is 2.12. The Kier molecular flexibility index (Phi) is 3.49. The molecule has 17 heavy (non-hydrogen) atoms. The number of aromatic nitrogens is 4. The molecule has 0 atom stereocenters. The van der Waals surface area contributed by atoms with Crippen molar-refractivity contribution < 1.29 is 0 Å². The Hall–Kier alpha value is -1.75. The van der Waals surface area contributed by atoms with Crippen molar-refractivity contribution in [3.63, 3.8) is 0 Å². The number of hydrogen-bond acceptors (Lipinski definition) is 4. The lowest BCUT2D eigenvalue weighted by molar-refractivity contribution is 0.702. The second-order valence-electron chi connectivity index (χ2n) is 3.97. The molecule has 1 N–H and O–H groups in total. The molecule has 0 radical (unpaired) electrons. The van der Waals surface area contributed by atoms with Gasteiger partial charge in [0, 0.05) is 0 Å². The fourth-order valence-electron chi connectivity index (χ4n) is 1.96. The summed E-state index contributed by atoms with van der Waals surface area (Å²) in [5.74, 6) is 0.830. The number of nitrogens with zero attached hydrogens (tertiary/aromatic N) is 4. The standard InChI is InChI=1S/C12H17N5/c1-4-10-7-5-6-9(2)12(10)17-11(8-13-3)14-15-16-17/h5-7,13H,4,8H2,1-3H3. The zero-order valence-corrected chi connectivity index (χ0v) is 10.4. The van der Waals surface area contributed by atoms with E-state index in [1.54, 1.807) is 0 Å². The van der Waals surface area contributed by atoms with Gasteiger partial charge in [0.25, 0.3) is 0 Å². The van der Waals surface area contributed by atoms with Crippen LogP contribution in [-0.2, 0) is 13.0 Å². The van der Waals surface area contributed by atoms with Crippen LogP contribution in [0.2, 0.25) is 0 Å². The van der Waals surface area contributed by atoms with Gasteiger partial charge in [-0.2, -0.15) is 4.68 Å². The molecular weight excluding hydrogens is 214 g/mol. The summed E-state index contributed by atoms with van der Waals surface area (Å²) in [4.78, 5) is 0. The van der Waals surface area contributed by atoms with Crippen LogP contribution in [0.3, 0.4) is 0 Å². The molecule has 2 rings (SSSR count). The summed E-state index contributed by atoms with van der Waals surface area (Å²) >= 11 is 0. The summed E-state index contributed by atoms with van der Waals surface area (Å²) in [7, 11) is 1.89. The fraction of sp³-hybridized carbons (Fsp3) is 0.417. The van der Waals surface area contributed by atoms with Crippen LogP contribution in [0.15, 0.2) is 18.2 Å². The van der Waals surface area contributed by atoms with Crippen molar-refractivity contribution in [1.82, 2.24) is 25.5 Å². The van der Waals surface area contributed by atoms with Gasteiger partial charge >= 0.3 is 0 Å². The Balaban J connectivity index is 2.55. The zero-order chi connectivity index (χ0) is 12.3. The first kappa shape index (κ1) is 11.7. The van der Waals surface area contributed by atoms with E-state index in [4.69, 9.17) is 0 Å². The number of nitrogens with one attached hydrogen (secondary N) is 1. The summed E-state index contributed by atoms with van der Waals surface area (Å²) in [5, 5.41) is 15.0. The number of tetrazole rings is 1. The monoisotopic (exact) mass is 231 g/mol. The van der Waals surface area contributed by atoms with Crippen LogP contribution in [0.4, 0.5) is 0 Å². The van der Waals surface area contributed by atoms with E-state index in [9.17, 15) is 0 Å². The molecule has 0 aliphatic rings. The molecule has 0 fully saturated rings. The Morgan fingerprint density at radius 1 is 1.35 bits per heavy atom. The third-order valence-corrected chi connectivity index (χ3v) is 2.78. The second kappa shape index (κ2) is 5.05. The van der Waals surface area contributed by atoms with E-state index in [0.29, 0.717) is 6.54 Å². The van der Waals surface area contributed by atoms with Crippen LogP contribution >= 0.6 is 0 Å². The number of benzene rings is 1. The summed E-state index contributed by atoms with van der Waals surface area (Å²) in [6.07, 6.45) is 0.968. The maximum atomic E-state index is 4.09. The molecular formula is C12H17N5. The molecule has 1 aromatic carbocycles. The van der Waals surface area contributed by atoms with E-state index in [-0.39, 0.29) is 0 Å². The quantitative estimate of drug-likeness (QED) is 0.860. The largest absolute Gasteiger partial charge is 0.313 e. The molecule has 5 nitrogen and oxygen atoms in total. The second-order valence-corrected chi connectivity index (χ2v) is 3.97. The number of hydrogen-bond donors (Lipinski definition) is 1. The van der Waals surface area contributed by atoms with Crippen molar-refractivity contribution in [1.29, 1.82) is 0 Å². The molecule has 5 heteroatoms. The fourth-order valence-corrected chi connectivity index (χ4v) is 1.96. The average Bonchev–Trinajstić information content (AvgIpc) is 2.77. The van der Waals surface area contributed by atoms with Crippen molar-refractivity contribution in [2.75, 3.05) is 7.05 Å². The maximum Gasteiger partial charge on any atom is 0.170 e. The highest BCUT2D eigenvalue weighted by atomic mass is 15.5. The molecule has 90 valence electrons. The first-order chi connectivity index (χ1) is 8.27. The van der Waals surface area contributed by atoms with Crippen LogP contribution in [0.25, 0.3) is 5.69 Å². The lowest BCUT2D eigenvalue weighted by Gasteiger charge is -2.12. The zero-order valence-electron chi connectivity index (χ0n) is 10.4. The van der Waals surface area contributed by atoms with Gasteiger partial charge in [0.1, 0.15) is 0 Å². The Labute approximate surface area is 101 Å². The van der Waals surface area contributed by atoms with Crippen molar-refractivity contribution in [2.45, 2.75) is 26.8 Å². The van der Waals surface area contributed by atoms with Crippen LogP contribution < -0.4 is 5.32 Å². The molecule has 2 aromatic rings. The Bertz CT molecular complexity index is 503. The minimum atomic E-state index is 0.657. The minimum Gasteiger partial charge on any atom is -0.313 e. The number of aryl methyl sites for hydroxylation is 2. The highest BCUT2D eigenvalue weighted by molar-refractivity contribution is 5.47. The smallest absolute Gasteiger partial charge is 0.170 e. The molecule has 0 unspecified atom stereocenters. The van der Waals surface area contributed by atoms with Gasteiger partial charge in [0.2, 0.25) is 0 Å². The van der Waals surface area contributed by atoms with Gasteiger partial charge < -0.3 is 5.32 Å². The molecule has 1 aromatic heterocycles. The van der Waals surface area contributed by atoms with Crippen molar-refractivity contribution >= 4 is 0 Å². The predicted molar refractivity (Wildman–Crippen MR) is 66.0 cm³/mol. The van der Waals surface area contributed by atoms with Crippen molar-refractivity contribution in [3.8, 4) is 5.69 Å². The first-order valence-electron chi connectivity index (χ1n) is 5.78. The van der Waals surface area contributed by atoms with Gasteiger partial charge in [-0.3, -0.25) is 0 Å². The van der Waals surface area contributed by atoms with E-state index in [1.807, 2.05) is 11.7 Å². The predicted octanol–water partition coefficient (Wildman–Crippen LogP) is 1.25. The third kappa shape index (κ3) is 2.19. The lowest BCUT2D eigenvalue weighted by atomic mass is 10.1. The Morgan fingerprint density at radius 2 is 2.18 bits per heavy atom. The third-order valence-electron chi connectivity index (χ3n) is 2.78. The van der Waals surface area contributed by atoms with E-state index >= 15 is 0 Å². The molecule has 0 spiro atoms. The summed E-state index contributed by atoms with van der Waals surface area (Å²) in [6, 6.07) is 6.27. The minimum absolute atomic E-state index is 0.657. The molecule has 1 heterocycles. The molecule has 0 aliphatic carbocycles. The van der Waals surface area contributed by atoms with Crippen LogP contribution in [0, 0.1) is 6.92 Å². The lowest BCUT2D eigenvalue weighted by Crippen LogP contribution is -2.14. The van der Waals surface area contributed by atoms with Gasteiger partial charge in [-0.1, -0.05) is 25.1 Å². The van der Waals surface area contributed by atoms with Crippen LogP contribution in [0.1, 0.15) is 23.9 Å². The molecule has 0 bridgehead atoms. The number of para-hydroxylation sites is 1.